The normalized spacial score (nSPS) is 22.6. The highest BCUT2D eigenvalue weighted by molar-refractivity contribution is 7.99. The van der Waals surface area contributed by atoms with Crippen molar-refractivity contribution >= 4 is 11.8 Å². The van der Waals surface area contributed by atoms with Gasteiger partial charge in [0.25, 0.3) is 0 Å². The molecule has 2 unspecified atom stereocenters. The molecule has 1 N–H and O–H groups in total. The molecular formula is C17H22OS. The molecule has 0 heterocycles. The number of hydrogen-bond donors (Lipinski definition) is 1. The molecule has 1 aliphatic carbocycles. The van der Waals surface area contributed by atoms with E-state index >= 15 is 0 Å². The Morgan fingerprint density at radius 3 is 2.74 bits per heavy atom. The number of aliphatic hydroxyl groups is 1. The van der Waals surface area contributed by atoms with Crippen LogP contribution < -0.4 is 0 Å². The fourth-order valence-electron chi connectivity index (χ4n) is 2.57. The van der Waals surface area contributed by atoms with Crippen LogP contribution in [0.5, 0.6) is 0 Å². The third-order valence-corrected chi connectivity index (χ3v) is 5.04. The van der Waals surface area contributed by atoms with Gasteiger partial charge in [0.05, 0.1) is 0 Å². The summed E-state index contributed by atoms with van der Waals surface area (Å²) in [4.78, 5) is 0. The fraction of sp³-hybridized carbons (Fsp3) is 0.529. The number of aliphatic hydroxyl groups excluding tert-OH is 1. The molecule has 1 aliphatic rings. The zero-order valence-electron chi connectivity index (χ0n) is 11.6. The van der Waals surface area contributed by atoms with Crippen LogP contribution in [0.4, 0.5) is 0 Å². The van der Waals surface area contributed by atoms with Crippen molar-refractivity contribution < 1.29 is 5.11 Å². The van der Waals surface area contributed by atoms with Crippen molar-refractivity contribution in [2.45, 2.75) is 43.6 Å². The number of benzene rings is 1. The highest BCUT2D eigenvalue weighted by atomic mass is 32.2. The summed E-state index contributed by atoms with van der Waals surface area (Å²) in [5.41, 5.74) is 2.35. The molecule has 0 saturated heterocycles. The first kappa shape index (κ1) is 14.5. The van der Waals surface area contributed by atoms with Crippen molar-refractivity contribution in [2.24, 2.45) is 5.92 Å². The largest absolute Gasteiger partial charge is 0.384 e. The summed E-state index contributed by atoms with van der Waals surface area (Å²) >= 11 is 2.10. The molecule has 0 spiro atoms. The van der Waals surface area contributed by atoms with Gasteiger partial charge in [-0.1, -0.05) is 43.7 Å². The molecule has 1 nitrogen and oxygen atoms in total. The van der Waals surface area contributed by atoms with Crippen molar-refractivity contribution in [2.75, 3.05) is 6.61 Å². The Morgan fingerprint density at radius 2 is 2.05 bits per heavy atom. The Bertz CT molecular complexity index is 441. The summed E-state index contributed by atoms with van der Waals surface area (Å²) in [5, 5.41) is 9.50. The van der Waals surface area contributed by atoms with E-state index in [4.69, 9.17) is 5.11 Å². The minimum atomic E-state index is -0.0720. The molecule has 1 aromatic carbocycles. The van der Waals surface area contributed by atoms with Gasteiger partial charge in [-0.2, -0.15) is 11.8 Å². The molecule has 2 heteroatoms. The van der Waals surface area contributed by atoms with Gasteiger partial charge < -0.3 is 5.11 Å². The molecule has 0 amide bonds. The number of hydrogen-bond acceptors (Lipinski definition) is 2. The van der Waals surface area contributed by atoms with Crippen LogP contribution in [0.3, 0.4) is 0 Å². The highest BCUT2D eigenvalue weighted by Crippen LogP contribution is 2.33. The minimum Gasteiger partial charge on any atom is -0.384 e. The lowest BCUT2D eigenvalue weighted by Crippen LogP contribution is -2.15. The summed E-state index contributed by atoms with van der Waals surface area (Å²) in [6.45, 7) is 2.30. The van der Waals surface area contributed by atoms with Gasteiger partial charge in [0, 0.05) is 16.6 Å². The Morgan fingerprint density at radius 1 is 1.26 bits per heavy atom. The average Bonchev–Trinajstić information content (AvgIpc) is 2.44. The summed E-state index contributed by atoms with van der Waals surface area (Å²) in [7, 11) is 0. The predicted molar refractivity (Wildman–Crippen MR) is 83.1 cm³/mol. The standard InChI is InChI=1S/C17H22OS/c1-14-4-2-6-17(12-14)19-13-16-9-7-15(8-10-16)5-3-11-18/h7-10,14,17-18H,2,4,6,11-13H2,1H3. The molecule has 2 rings (SSSR count). The molecule has 0 aliphatic heterocycles. The van der Waals surface area contributed by atoms with Gasteiger partial charge >= 0.3 is 0 Å². The van der Waals surface area contributed by atoms with Crippen LogP contribution in [-0.4, -0.2) is 17.0 Å². The van der Waals surface area contributed by atoms with Crippen LogP contribution >= 0.6 is 11.8 Å². The van der Waals surface area contributed by atoms with Crippen molar-refractivity contribution in [1.29, 1.82) is 0 Å². The zero-order chi connectivity index (χ0) is 13.5. The highest BCUT2D eigenvalue weighted by Gasteiger charge is 2.18. The second-order valence-corrected chi connectivity index (χ2v) is 6.65. The SMILES string of the molecule is CC1CCCC(SCc2ccc(C#CCO)cc2)C1. The first-order valence-electron chi connectivity index (χ1n) is 7.08. The third-order valence-electron chi connectivity index (χ3n) is 3.64. The molecule has 0 aromatic heterocycles. The Hall–Kier alpha value is -0.910. The lowest BCUT2D eigenvalue weighted by Gasteiger charge is -2.26. The molecule has 1 saturated carbocycles. The maximum absolute atomic E-state index is 8.66. The van der Waals surface area contributed by atoms with E-state index in [1.54, 1.807) is 0 Å². The van der Waals surface area contributed by atoms with Crippen LogP contribution in [0.2, 0.25) is 0 Å². The van der Waals surface area contributed by atoms with Gasteiger partial charge in [-0.15, -0.1) is 0 Å². The van der Waals surface area contributed by atoms with Gasteiger partial charge in [-0.3, -0.25) is 0 Å². The van der Waals surface area contributed by atoms with E-state index in [9.17, 15) is 0 Å². The van der Waals surface area contributed by atoms with Gasteiger partial charge in [-0.25, -0.2) is 0 Å². The van der Waals surface area contributed by atoms with Gasteiger partial charge in [0.2, 0.25) is 0 Å². The van der Waals surface area contributed by atoms with E-state index in [0.717, 1.165) is 22.5 Å². The van der Waals surface area contributed by atoms with Crippen molar-refractivity contribution in [3.63, 3.8) is 0 Å². The number of rotatable bonds is 3. The second-order valence-electron chi connectivity index (χ2n) is 5.36. The zero-order valence-corrected chi connectivity index (χ0v) is 12.4. The first-order valence-corrected chi connectivity index (χ1v) is 8.13. The Labute approximate surface area is 120 Å². The Balaban J connectivity index is 1.82. The molecule has 0 bridgehead atoms. The lowest BCUT2D eigenvalue weighted by molar-refractivity contribution is 0.350. The summed E-state index contributed by atoms with van der Waals surface area (Å²) in [6, 6.07) is 8.39. The van der Waals surface area contributed by atoms with Crippen molar-refractivity contribution in [3.05, 3.63) is 35.4 Å². The van der Waals surface area contributed by atoms with Crippen molar-refractivity contribution in [3.8, 4) is 11.8 Å². The lowest BCUT2D eigenvalue weighted by atomic mass is 9.91. The molecule has 1 aromatic rings. The second kappa shape index (κ2) is 7.62. The van der Waals surface area contributed by atoms with E-state index in [1.807, 2.05) is 12.1 Å². The first-order chi connectivity index (χ1) is 9.28. The van der Waals surface area contributed by atoms with Gasteiger partial charge in [-0.05, 0) is 36.5 Å². The average molecular weight is 274 g/mol. The monoisotopic (exact) mass is 274 g/mol. The van der Waals surface area contributed by atoms with Crippen LogP contribution in [-0.2, 0) is 5.75 Å². The summed E-state index contributed by atoms with van der Waals surface area (Å²) < 4.78 is 0. The van der Waals surface area contributed by atoms with Crippen LogP contribution in [0.1, 0.15) is 43.7 Å². The molecular weight excluding hydrogens is 252 g/mol. The number of thioether (sulfide) groups is 1. The van der Waals surface area contributed by atoms with Crippen molar-refractivity contribution in [1.82, 2.24) is 0 Å². The predicted octanol–water partition coefficient (Wildman–Crippen LogP) is 3.84. The smallest absolute Gasteiger partial charge is 0.104 e. The molecule has 1 fully saturated rings. The van der Waals surface area contributed by atoms with Crippen LogP contribution in [0.25, 0.3) is 0 Å². The van der Waals surface area contributed by atoms with E-state index in [0.29, 0.717) is 0 Å². The molecule has 102 valence electrons. The van der Waals surface area contributed by atoms with E-state index in [2.05, 4.69) is 42.7 Å². The fourth-order valence-corrected chi connectivity index (χ4v) is 3.99. The molecule has 0 radical (unpaired) electrons. The van der Waals surface area contributed by atoms with Gasteiger partial charge in [0.1, 0.15) is 6.61 Å². The topological polar surface area (TPSA) is 20.2 Å². The maximum Gasteiger partial charge on any atom is 0.104 e. The molecule has 19 heavy (non-hydrogen) atoms. The van der Waals surface area contributed by atoms with Crippen LogP contribution in [0, 0.1) is 17.8 Å². The van der Waals surface area contributed by atoms with E-state index in [1.165, 1.54) is 31.2 Å². The minimum absolute atomic E-state index is 0.0720. The Kier molecular flexibility index (Phi) is 5.82. The van der Waals surface area contributed by atoms with E-state index < -0.39 is 0 Å². The maximum atomic E-state index is 8.66. The van der Waals surface area contributed by atoms with E-state index in [-0.39, 0.29) is 6.61 Å². The van der Waals surface area contributed by atoms with Crippen LogP contribution in [0.15, 0.2) is 24.3 Å². The van der Waals surface area contributed by atoms with Gasteiger partial charge in [0.15, 0.2) is 0 Å². The summed E-state index contributed by atoms with van der Waals surface area (Å²) in [5.74, 6) is 7.61. The quantitative estimate of drug-likeness (QED) is 0.845. The molecule has 2 atom stereocenters. The third kappa shape index (κ3) is 4.93. The summed E-state index contributed by atoms with van der Waals surface area (Å²) in [6.07, 6.45) is 5.57.